The van der Waals surface area contributed by atoms with E-state index in [4.69, 9.17) is 20.4 Å². The molecule has 1 N–H and O–H groups in total. The van der Waals surface area contributed by atoms with Crippen molar-refractivity contribution in [3.05, 3.63) is 53.4 Å². The minimum absolute atomic E-state index is 0.0803. The number of amides is 1. The van der Waals surface area contributed by atoms with Crippen molar-refractivity contribution in [2.45, 2.75) is 13.0 Å². The van der Waals surface area contributed by atoms with Crippen LogP contribution in [-0.2, 0) is 4.79 Å². The van der Waals surface area contributed by atoms with Gasteiger partial charge in [-0.25, -0.2) is 0 Å². The van der Waals surface area contributed by atoms with Crippen molar-refractivity contribution < 1.29 is 13.6 Å². The molecule has 0 bridgehead atoms. The molecular weight excluding hydrogens is 406 g/mol. The number of nitriles is 1. The van der Waals surface area contributed by atoms with Crippen LogP contribution in [0.15, 0.2) is 51.5 Å². The van der Waals surface area contributed by atoms with E-state index in [1.807, 2.05) is 11.8 Å². The van der Waals surface area contributed by atoms with Crippen LogP contribution < -0.4 is 10.2 Å². The molecule has 1 aliphatic rings. The third-order valence-corrected chi connectivity index (χ3v) is 5.34. The molecule has 8 nitrogen and oxygen atoms in total. The van der Waals surface area contributed by atoms with E-state index >= 15 is 0 Å². The molecule has 1 aromatic carbocycles. The van der Waals surface area contributed by atoms with Crippen LogP contribution in [0.5, 0.6) is 0 Å². The van der Waals surface area contributed by atoms with Gasteiger partial charge < -0.3 is 19.1 Å². The van der Waals surface area contributed by atoms with Gasteiger partial charge in [0.2, 0.25) is 17.5 Å². The highest BCUT2D eigenvalue weighted by Crippen LogP contribution is 2.29. The summed E-state index contributed by atoms with van der Waals surface area (Å²) >= 11 is 5.89. The fraction of sp³-hybridized carbons (Fsp3) is 0.286. The molecule has 3 heterocycles. The lowest BCUT2D eigenvalue weighted by atomic mass is 10.2. The Bertz CT molecular complexity index is 1050. The van der Waals surface area contributed by atoms with Crippen molar-refractivity contribution in [2.24, 2.45) is 0 Å². The minimum Gasteiger partial charge on any atom is -0.459 e. The number of carbonyl (C=O) groups is 1. The first-order valence-corrected chi connectivity index (χ1v) is 9.93. The SMILES string of the molecule is CC(C(=O)Nc1ccc(Cl)cc1)N1CCN(c2oc(-c3ccco3)nc2C#N)CC1. The quantitative estimate of drug-likeness (QED) is 0.666. The van der Waals surface area contributed by atoms with Gasteiger partial charge in [-0.2, -0.15) is 10.2 Å². The predicted octanol–water partition coefficient (Wildman–Crippen LogP) is 3.61. The highest BCUT2D eigenvalue weighted by molar-refractivity contribution is 6.30. The molecule has 30 heavy (non-hydrogen) atoms. The number of oxazole rings is 1. The van der Waals surface area contributed by atoms with Crippen molar-refractivity contribution in [1.82, 2.24) is 9.88 Å². The Kier molecular flexibility index (Phi) is 5.74. The van der Waals surface area contributed by atoms with E-state index < -0.39 is 0 Å². The lowest BCUT2D eigenvalue weighted by Crippen LogP contribution is -2.52. The number of anilines is 2. The zero-order chi connectivity index (χ0) is 21.1. The molecule has 1 unspecified atom stereocenters. The Labute approximate surface area is 178 Å². The molecule has 9 heteroatoms. The molecule has 0 spiro atoms. The maximum Gasteiger partial charge on any atom is 0.266 e. The van der Waals surface area contributed by atoms with Crippen molar-refractivity contribution in [3.63, 3.8) is 0 Å². The number of hydrogen-bond donors (Lipinski definition) is 1. The van der Waals surface area contributed by atoms with Gasteiger partial charge in [-0.3, -0.25) is 9.69 Å². The average Bonchev–Trinajstić information content (AvgIpc) is 3.44. The molecule has 0 aliphatic carbocycles. The standard InChI is InChI=1S/C21H20ClN5O3/c1-14(19(28)24-16-6-4-15(22)5-7-16)26-8-10-27(11-9-26)21-17(13-23)25-20(30-21)18-3-2-12-29-18/h2-7,12,14H,8-11H2,1H3,(H,24,28). The predicted molar refractivity (Wildman–Crippen MR) is 112 cm³/mol. The third kappa shape index (κ3) is 4.17. The normalized spacial score (nSPS) is 15.6. The minimum atomic E-state index is -0.299. The second-order valence-corrected chi connectivity index (χ2v) is 7.39. The first-order valence-electron chi connectivity index (χ1n) is 9.55. The summed E-state index contributed by atoms with van der Waals surface area (Å²) in [4.78, 5) is 20.9. The molecule has 0 saturated carbocycles. The lowest BCUT2D eigenvalue weighted by molar-refractivity contribution is -0.120. The van der Waals surface area contributed by atoms with Gasteiger partial charge in [0.1, 0.15) is 6.07 Å². The maximum atomic E-state index is 12.6. The van der Waals surface area contributed by atoms with E-state index in [1.54, 1.807) is 36.4 Å². The largest absolute Gasteiger partial charge is 0.459 e. The number of rotatable bonds is 5. The summed E-state index contributed by atoms with van der Waals surface area (Å²) in [6.45, 7) is 4.40. The number of aromatic nitrogens is 1. The third-order valence-electron chi connectivity index (χ3n) is 5.09. The number of nitrogens with zero attached hydrogens (tertiary/aromatic N) is 4. The van der Waals surface area contributed by atoms with Crippen molar-refractivity contribution in [1.29, 1.82) is 5.26 Å². The van der Waals surface area contributed by atoms with Crippen LogP contribution in [0.3, 0.4) is 0 Å². The van der Waals surface area contributed by atoms with E-state index in [1.165, 1.54) is 6.26 Å². The van der Waals surface area contributed by atoms with Gasteiger partial charge >= 0.3 is 0 Å². The fourth-order valence-electron chi connectivity index (χ4n) is 3.36. The molecule has 1 atom stereocenters. The maximum absolute atomic E-state index is 12.6. The van der Waals surface area contributed by atoms with E-state index in [-0.39, 0.29) is 23.5 Å². The number of carbonyl (C=O) groups excluding carboxylic acids is 1. The topological polar surface area (TPSA) is 98.5 Å². The molecule has 1 saturated heterocycles. The van der Waals surface area contributed by atoms with Gasteiger partial charge in [0.15, 0.2) is 5.76 Å². The van der Waals surface area contributed by atoms with Crippen LogP contribution in [0.1, 0.15) is 12.6 Å². The summed E-state index contributed by atoms with van der Waals surface area (Å²) in [5, 5.41) is 13.0. The Morgan fingerprint density at radius 1 is 1.23 bits per heavy atom. The molecule has 0 radical (unpaired) electrons. The van der Waals surface area contributed by atoms with Crippen molar-refractivity contribution >= 4 is 29.1 Å². The number of piperazine rings is 1. The second-order valence-electron chi connectivity index (χ2n) is 6.96. The second kappa shape index (κ2) is 8.61. The number of furan rings is 1. The summed E-state index contributed by atoms with van der Waals surface area (Å²) in [5.74, 6) is 1.11. The van der Waals surface area contributed by atoms with Crippen LogP contribution in [0, 0.1) is 11.3 Å². The fourth-order valence-corrected chi connectivity index (χ4v) is 3.49. The molecule has 1 aliphatic heterocycles. The number of hydrogen-bond acceptors (Lipinski definition) is 7. The van der Waals surface area contributed by atoms with Gasteiger partial charge in [0, 0.05) is 36.9 Å². The van der Waals surface area contributed by atoms with Crippen LogP contribution in [-0.4, -0.2) is 48.0 Å². The van der Waals surface area contributed by atoms with E-state index in [9.17, 15) is 10.1 Å². The highest BCUT2D eigenvalue weighted by atomic mass is 35.5. The molecule has 2 aromatic heterocycles. The van der Waals surface area contributed by atoms with Gasteiger partial charge in [-0.15, -0.1) is 0 Å². The zero-order valence-corrected chi connectivity index (χ0v) is 17.1. The molecule has 4 rings (SSSR count). The summed E-state index contributed by atoms with van der Waals surface area (Å²) < 4.78 is 11.1. The van der Waals surface area contributed by atoms with Crippen LogP contribution >= 0.6 is 11.6 Å². The Morgan fingerprint density at radius 2 is 1.97 bits per heavy atom. The molecule has 154 valence electrons. The zero-order valence-electron chi connectivity index (χ0n) is 16.3. The molecular formula is C21H20ClN5O3. The first-order chi connectivity index (χ1) is 14.5. The van der Waals surface area contributed by atoms with Gasteiger partial charge in [0.05, 0.1) is 12.3 Å². The number of nitrogens with one attached hydrogen (secondary N) is 1. The van der Waals surface area contributed by atoms with Crippen LogP contribution in [0.25, 0.3) is 11.7 Å². The lowest BCUT2D eigenvalue weighted by Gasteiger charge is -2.37. The van der Waals surface area contributed by atoms with Crippen molar-refractivity contribution in [3.8, 4) is 17.7 Å². The van der Waals surface area contributed by atoms with Crippen LogP contribution in [0.2, 0.25) is 5.02 Å². The monoisotopic (exact) mass is 425 g/mol. The highest BCUT2D eigenvalue weighted by Gasteiger charge is 2.29. The smallest absolute Gasteiger partial charge is 0.266 e. The number of halogens is 1. The Hall–Kier alpha value is -3.28. The molecule has 1 amide bonds. The molecule has 3 aromatic rings. The van der Waals surface area contributed by atoms with E-state index in [0.717, 1.165) is 0 Å². The van der Waals surface area contributed by atoms with E-state index in [0.29, 0.717) is 48.5 Å². The Morgan fingerprint density at radius 3 is 2.60 bits per heavy atom. The average molecular weight is 426 g/mol. The summed E-state index contributed by atoms with van der Waals surface area (Å²) in [6.07, 6.45) is 1.53. The molecule has 1 fully saturated rings. The van der Waals surface area contributed by atoms with Gasteiger partial charge in [0.25, 0.3) is 5.89 Å². The summed E-state index contributed by atoms with van der Waals surface area (Å²) in [7, 11) is 0. The summed E-state index contributed by atoms with van der Waals surface area (Å²) in [5.41, 5.74) is 0.934. The van der Waals surface area contributed by atoms with Gasteiger partial charge in [-0.1, -0.05) is 11.6 Å². The van der Waals surface area contributed by atoms with Crippen molar-refractivity contribution in [2.75, 3.05) is 36.4 Å². The Balaban J connectivity index is 1.38. The number of benzene rings is 1. The summed E-state index contributed by atoms with van der Waals surface area (Å²) in [6, 6.07) is 12.3. The van der Waals surface area contributed by atoms with E-state index in [2.05, 4.69) is 21.3 Å². The van der Waals surface area contributed by atoms with Gasteiger partial charge in [-0.05, 0) is 43.3 Å². The first kappa shape index (κ1) is 20.0. The van der Waals surface area contributed by atoms with Crippen LogP contribution in [0.4, 0.5) is 11.6 Å².